The van der Waals surface area contributed by atoms with Crippen molar-refractivity contribution in [3.8, 4) is 0 Å². The van der Waals surface area contributed by atoms with Gasteiger partial charge in [-0.25, -0.2) is 9.97 Å². The molecule has 0 amide bonds. The Labute approximate surface area is 123 Å². The number of nitrogens with two attached hydrogens (primary N) is 1. The van der Waals surface area contributed by atoms with Gasteiger partial charge in [-0.3, -0.25) is 0 Å². The summed E-state index contributed by atoms with van der Waals surface area (Å²) in [5.41, 5.74) is 8.28. The molecular weight excluding hydrogens is 246 g/mol. The van der Waals surface area contributed by atoms with E-state index in [9.17, 15) is 0 Å². The Kier molecular flexibility index (Phi) is 5.53. The third-order valence-corrected chi connectivity index (χ3v) is 4.65. The van der Waals surface area contributed by atoms with Crippen molar-refractivity contribution in [3.63, 3.8) is 0 Å². The van der Waals surface area contributed by atoms with E-state index in [2.05, 4.69) is 26.8 Å². The Balaban J connectivity index is 2.14. The van der Waals surface area contributed by atoms with Crippen molar-refractivity contribution in [1.29, 1.82) is 0 Å². The van der Waals surface area contributed by atoms with E-state index in [1.807, 2.05) is 0 Å². The van der Waals surface area contributed by atoms with Crippen LogP contribution in [0, 0.1) is 12.8 Å². The third kappa shape index (κ3) is 4.02. The van der Waals surface area contributed by atoms with Gasteiger partial charge < -0.3 is 5.73 Å². The molecule has 3 nitrogen and oxygen atoms in total. The van der Waals surface area contributed by atoms with Gasteiger partial charge in [0.25, 0.3) is 0 Å². The number of aromatic nitrogens is 2. The van der Waals surface area contributed by atoms with Gasteiger partial charge in [0.15, 0.2) is 0 Å². The highest BCUT2D eigenvalue weighted by atomic mass is 14.9. The second kappa shape index (κ2) is 7.16. The predicted molar refractivity (Wildman–Crippen MR) is 83.7 cm³/mol. The van der Waals surface area contributed by atoms with E-state index in [1.54, 1.807) is 0 Å². The molecule has 3 heteroatoms. The topological polar surface area (TPSA) is 51.8 Å². The van der Waals surface area contributed by atoms with E-state index < -0.39 is 0 Å². The molecule has 1 aromatic rings. The van der Waals surface area contributed by atoms with Crippen molar-refractivity contribution < 1.29 is 0 Å². The van der Waals surface area contributed by atoms with Gasteiger partial charge in [0.05, 0.1) is 0 Å². The van der Waals surface area contributed by atoms with E-state index in [4.69, 9.17) is 15.7 Å². The smallest absolute Gasteiger partial charge is 0.131 e. The van der Waals surface area contributed by atoms with Crippen LogP contribution in [0.4, 0.5) is 0 Å². The lowest BCUT2D eigenvalue weighted by Crippen LogP contribution is -2.23. The normalized spacial score (nSPS) is 24.6. The summed E-state index contributed by atoms with van der Waals surface area (Å²) in [7, 11) is 0. The maximum absolute atomic E-state index is 6.07. The maximum atomic E-state index is 6.07. The van der Waals surface area contributed by atoms with Crippen LogP contribution in [0.3, 0.4) is 0 Å². The third-order valence-electron chi connectivity index (χ3n) is 4.65. The van der Waals surface area contributed by atoms with E-state index in [-0.39, 0.29) is 6.04 Å². The Hall–Kier alpha value is -0.960. The van der Waals surface area contributed by atoms with Crippen LogP contribution in [0.5, 0.6) is 0 Å². The molecule has 1 aliphatic carbocycles. The molecule has 1 aliphatic rings. The minimum Gasteiger partial charge on any atom is -0.327 e. The zero-order valence-electron chi connectivity index (χ0n) is 13.2. The van der Waals surface area contributed by atoms with Crippen molar-refractivity contribution in [2.45, 2.75) is 77.7 Å². The lowest BCUT2D eigenvalue weighted by molar-refractivity contribution is 0.306. The summed E-state index contributed by atoms with van der Waals surface area (Å²) in [6, 6.07) is 2.31. The molecule has 1 fully saturated rings. The summed E-state index contributed by atoms with van der Waals surface area (Å²) in [6.07, 6.45) is 8.38. The molecule has 0 bridgehead atoms. The average Bonchev–Trinajstić information content (AvgIpc) is 2.46. The number of rotatable bonds is 5. The first kappa shape index (κ1) is 15.4. The molecule has 2 rings (SSSR count). The molecule has 3 unspecified atom stereocenters. The van der Waals surface area contributed by atoms with E-state index in [0.717, 1.165) is 36.0 Å². The first-order valence-electron chi connectivity index (χ1n) is 8.22. The first-order valence-corrected chi connectivity index (χ1v) is 8.22. The lowest BCUT2D eigenvalue weighted by atomic mass is 9.80. The minimum absolute atomic E-state index is 0.215. The minimum atomic E-state index is 0.215. The molecule has 0 radical (unpaired) electrons. The van der Waals surface area contributed by atoms with Crippen molar-refractivity contribution in [3.05, 3.63) is 23.3 Å². The van der Waals surface area contributed by atoms with Gasteiger partial charge in [-0.2, -0.15) is 0 Å². The van der Waals surface area contributed by atoms with Crippen LogP contribution >= 0.6 is 0 Å². The summed E-state index contributed by atoms with van der Waals surface area (Å²) in [5, 5.41) is 0. The fourth-order valence-electron chi connectivity index (χ4n) is 3.25. The SMILES string of the molecule is CCC(N)Cc1cc(C)nc(C2CCCC(CC)C2)n1. The molecule has 0 aliphatic heterocycles. The number of hydrogen-bond acceptors (Lipinski definition) is 3. The molecule has 0 spiro atoms. The fourth-order valence-corrected chi connectivity index (χ4v) is 3.25. The second-order valence-corrected chi connectivity index (χ2v) is 6.37. The fraction of sp³-hybridized carbons (Fsp3) is 0.765. The summed E-state index contributed by atoms with van der Waals surface area (Å²) in [5.74, 6) is 2.49. The van der Waals surface area contributed by atoms with Gasteiger partial charge in [0.2, 0.25) is 0 Å². The Morgan fingerprint density at radius 3 is 2.80 bits per heavy atom. The maximum Gasteiger partial charge on any atom is 0.131 e. The molecule has 2 N–H and O–H groups in total. The summed E-state index contributed by atoms with van der Waals surface area (Å²) in [4.78, 5) is 9.53. The van der Waals surface area contributed by atoms with Crippen molar-refractivity contribution in [2.75, 3.05) is 0 Å². The molecule has 0 saturated heterocycles. The Morgan fingerprint density at radius 1 is 1.30 bits per heavy atom. The quantitative estimate of drug-likeness (QED) is 0.890. The van der Waals surface area contributed by atoms with Crippen molar-refractivity contribution in [2.24, 2.45) is 11.7 Å². The average molecular weight is 275 g/mol. The highest BCUT2D eigenvalue weighted by Gasteiger charge is 2.24. The summed E-state index contributed by atoms with van der Waals surface area (Å²) >= 11 is 0. The summed E-state index contributed by atoms with van der Waals surface area (Å²) < 4.78 is 0. The zero-order chi connectivity index (χ0) is 14.5. The lowest BCUT2D eigenvalue weighted by Gasteiger charge is -2.27. The molecule has 0 aromatic carbocycles. The standard InChI is InChI=1S/C17H29N3/c1-4-13-7-6-8-14(10-13)17-19-12(3)9-16(20-17)11-15(18)5-2/h9,13-15H,4-8,10-11,18H2,1-3H3. The molecular formula is C17H29N3. The van der Waals surface area contributed by atoms with Crippen LogP contribution in [0.1, 0.15) is 75.5 Å². The van der Waals surface area contributed by atoms with Gasteiger partial charge in [0, 0.05) is 29.8 Å². The highest BCUT2D eigenvalue weighted by molar-refractivity contribution is 5.14. The number of nitrogens with zero attached hydrogens (tertiary/aromatic N) is 2. The van der Waals surface area contributed by atoms with Gasteiger partial charge in [-0.05, 0) is 38.2 Å². The van der Waals surface area contributed by atoms with E-state index in [1.165, 1.54) is 32.1 Å². The second-order valence-electron chi connectivity index (χ2n) is 6.37. The van der Waals surface area contributed by atoms with Crippen LogP contribution in [0.15, 0.2) is 6.07 Å². The summed E-state index contributed by atoms with van der Waals surface area (Å²) in [6.45, 7) is 6.51. The molecule has 1 heterocycles. The van der Waals surface area contributed by atoms with Crippen LogP contribution in [-0.2, 0) is 6.42 Å². The molecule has 3 atom stereocenters. The molecule has 1 aromatic heterocycles. The van der Waals surface area contributed by atoms with E-state index in [0.29, 0.717) is 5.92 Å². The monoisotopic (exact) mass is 275 g/mol. The van der Waals surface area contributed by atoms with Gasteiger partial charge >= 0.3 is 0 Å². The first-order chi connectivity index (χ1) is 9.62. The zero-order valence-corrected chi connectivity index (χ0v) is 13.2. The van der Waals surface area contributed by atoms with Crippen molar-refractivity contribution >= 4 is 0 Å². The van der Waals surface area contributed by atoms with Gasteiger partial charge in [-0.15, -0.1) is 0 Å². The Bertz CT molecular complexity index is 430. The molecule has 20 heavy (non-hydrogen) atoms. The predicted octanol–water partition coefficient (Wildman–Crippen LogP) is 3.75. The highest BCUT2D eigenvalue weighted by Crippen LogP contribution is 2.36. The van der Waals surface area contributed by atoms with Crippen LogP contribution < -0.4 is 5.73 Å². The van der Waals surface area contributed by atoms with Crippen LogP contribution in [0.25, 0.3) is 0 Å². The molecule has 112 valence electrons. The van der Waals surface area contributed by atoms with Gasteiger partial charge in [0.1, 0.15) is 5.82 Å². The largest absolute Gasteiger partial charge is 0.327 e. The van der Waals surface area contributed by atoms with Crippen LogP contribution in [0.2, 0.25) is 0 Å². The van der Waals surface area contributed by atoms with Crippen molar-refractivity contribution in [1.82, 2.24) is 9.97 Å². The molecule has 1 saturated carbocycles. The van der Waals surface area contributed by atoms with Gasteiger partial charge in [-0.1, -0.05) is 33.1 Å². The number of aryl methyl sites for hydroxylation is 1. The Morgan fingerprint density at radius 2 is 2.10 bits per heavy atom. The number of hydrogen-bond donors (Lipinski definition) is 1. The van der Waals surface area contributed by atoms with Crippen LogP contribution in [-0.4, -0.2) is 16.0 Å². The van der Waals surface area contributed by atoms with E-state index >= 15 is 0 Å².